The molecule has 0 saturated carbocycles. The van der Waals surface area contributed by atoms with Crippen LogP contribution < -0.4 is 0 Å². The van der Waals surface area contributed by atoms with E-state index in [9.17, 15) is 0 Å². The molecule has 0 aromatic carbocycles. The van der Waals surface area contributed by atoms with E-state index in [-0.39, 0.29) is 35.9 Å². The van der Waals surface area contributed by atoms with E-state index in [0.717, 1.165) is 5.92 Å². The van der Waals surface area contributed by atoms with Crippen LogP contribution in [0, 0.1) is 26.2 Å². The summed E-state index contributed by atoms with van der Waals surface area (Å²) in [6.07, 6.45) is 10.6. The Bertz CT molecular complexity index is 154. The number of fused-ring (bicyclic) bond motifs is 2. The fourth-order valence-electron chi connectivity index (χ4n) is 1.59. The van der Waals surface area contributed by atoms with Crippen LogP contribution in [-0.4, -0.2) is 0 Å². The van der Waals surface area contributed by atoms with Crippen LogP contribution >= 0.6 is 0 Å². The van der Waals surface area contributed by atoms with Crippen LogP contribution in [0.1, 0.15) is 13.3 Å². The molecule has 0 fully saturated rings. The molecular formula is C10H16Pt. The minimum absolute atomic E-state index is 0. The second-order valence-corrected chi connectivity index (χ2v) is 3.09. The normalized spacial score (nSPS) is 35.5. The summed E-state index contributed by atoms with van der Waals surface area (Å²) >= 11 is 0. The van der Waals surface area contributed by atoms with Crippen molar-refractivity contribution in [2.24, 2.45) is 11.3 Å². The van der Waals surface area contributed by atoms with Gasteiger partial charge >= 0.3 is 21.1 Å². The predicted molar refractivity (Wildman–Crippen MR) is 47.3 cm³/mol. The van der Waals surface area contributed by atoms with Crippen LogP contribution in [0.5, 0.6) is 0 Å². The zero-order chi connectivity index (χ0) is 5.61. The van der Waals surface area contributed by atoms with Crippen molar-refractivity contribution in [1.82, 2.24) is 0 Å². The summed E-state index contributed by atoms with van der Waals surface area (Å²) in [5, 5.41) is 0. The van der Waals surface area contributed by atoms with Crippen LogP contribution in [0.15, 0.2) is 24.3 Å². The van der Waals surface area contributed by atoms with Gasteiger partial charge in [0.05, 0.1) is 0 Å². The van der Waals surface area contributed by atoms with E-state index in [2.05, 4.69) is 31.2 Å². The Kier molecular flexibility index (Phi) is 5.32. The van der Waals surface area contributed by atoms with Gasteiger partial charge in [0.15, 0.2) is 0 Å². The molecule has 66 valence electrons. The molecule has 0 saturated heterocycles. The summed E-state index contributed by atoms with van der Waals surface area (Å²) in [5.74, 6) is 0.778. The zero-order valence-electron chi connectivity index (χ0n) is 7.41. The maximum atomic E-state index is 2.32. The van der Waals surface area contributed by atoms with Gasteiger partial charge in [0.25, 0.3) is 0 Å². The minimum Gasteiger partial charge on any atom is -0.358 e. The Hall–Kier alpha value is 0.168. The second-order valence-electron chi connectivity index (χ2n) is 3.09. The molecule has 0 unspecified atom stereocenters. The van der Waals surface area contributed by atoms with E-state index in [4.69, 9.17) is 0 Å². The third kappa shape index (κ3) is 2.30. The van der Waals surface area contributed by atoms with Crippen LogP contribution in [-0.2, 0) is 21.1 Å². The summed E-state index contributed by atoms with van der Waals surface area (Å²) in [5.41, 5.74) is 0.449. The molecule has 0 aromatic heterocycles. The molecule has 0 atom stereocenters. The maximum Gasteiger partial charge on any atom is 2.00 e. The van der Waals surface area contributed by atoms with Gasteiger partial charge in [-0.3, -0.25) is 0 Å². The topological polar surface area (TPSA) is 0 Å². The van der Waals surface area contributed by atoms with Gasteiger partial charge in [-0.15, -0.1) is 0 Å². The van der Waals surface area contributed by atoms with Gasteiger partial charge in [0.2, 0.25) is 0 Å². The molecule has 2 bridgehead atoms. The average Bonchev–Trinajstić information content (AvgIpc) is 2.21. The summed E-state index contributed by atoms with van der Waals surface area (Å²) in [4.78, 5) is 0. The molecule has 2 aliphatic carbocycles. The monoisotopic (exact) mass is 331 g/mol. The van der Waals surface area contributed by atoms with Crippen molar-refractivity contribution in [2.75, 3.05) is 0 Å². The van der Waals surface area contributed by atoms with Gasteiger partial charge in [-0.2, -0.15) is 0 Å². The van der Waals surface area contributed by atoms with Gasteiger partial charge in [-0.1, -0.05) is 31.2 Å². The first-order valence-electron chi connectivity index (χ1n) is 3.17. The zero-order valence-corrected chi connectivity index (χ0v) is 9.68. The van der Waals surface area contributed by atoms with Crippen molar-refractivity contribution >= 4 is 0 Å². The molecule has 11 heavy (non-hydrogen) atoms. The Morgan fingerprint density at radius 2 is 1.64 bits per heavy atom. The van der Waals surface area contributed by atoms with Crippen molar-refractivity contribution in [3.8, 4) is 0 Å². The standard InChI is InChI=1S/C8H10.2CH3.Pt/c1-8-4-2-7(6-8)3-5-8;;;/h2-5,7H,6H2,1H3;2*1H3;/q;2*-1;+2. The summed E-state index contributed by atoms with van der Waals surface area (Å²) in [7, 11) is 0. The summed E-state index contributed by atoms with van der Waals surface area (Å²) in [6, 6.07) is 0. The van der Waals surface area contributed by atoms with Gasteiger partial charge in [-0.05, 0) is 12.3 Å². The molecule has 0 radical (unpaired) electrons. The van der Waals surface area contributed by atoms with E-state index < -0.39 is 0 Å². The first kappa shape index (κ1) is 13.7. The quantitative estimate of drug-likeness (QED) is 0.473. The number of rotatable bonds is 0. The number of allylic oxidation sites excluding steroid dienone is 4. The van der Waals surface area contributed by atoms with E-state index in [0.29, 0.717) is 5.41 Å². The third-order valence-electron chi connectivity index (χ3n) is 2.12. The average molecular weight is 331 g/mol. The Morgan fingerprint density at radius 1 is 1.18 bits per heavy atom. The van der Waals surface area contributed by atoms with Crippen molar-refractivity contribution < 1.29 is 21.1 Å². The van der Waals surface area contributed by atoms with E-state index in [1.54, 1.807) is 0 Å². The third-order valence-corrected chi connectivity index (χ3v) is 2.12. The molecule has 0 amide bonds. The fraction of sp³-hybridized carbons (Fsp3) is 0.400. The van der Waals surface area contributed by atoms with Crippen LogP contribution in [0.4, 0.5) is 0 Å². The molecule has 1 heteroatoms. The Morgan fingerprint density at radius 3 is 1.73 bits per heavy atom. The molecule has 0 heterocycles. The van der Waals surface area contributed by atoms with Crippen LogP contribution in [0.3, 0.4) is 0 Å². The van der Waals surface area contributed by atoms with Crippen molar-refractivity contribution in [3.63, 3.8) is 0 Å². The molecular weight excluding hydrogens is 315 g/mol. The smallest absolute Gasteiger partial charge is 0.358 e. The maximum absolute atomic E-state index is 2.32. The Labute approximate surface area is 85.0 Å². The first-order valence-corrected chi connectivity index (χ1v) is 3.17. The summed E-state index contributed by atoms with van der Waals surface area (Å²) < 4.78 is 0. The first-order chi connectivity index (χ1) is 3.79. The van der Waals surface area contributed by atoms with Gasteiger partial charge in [0, 0.05) is 5.41 Å². The van der Waals surface area contributed by atoms with Crippen LogP contribution in [0.2, 0.25) is 0 Å². The summed E-state index contributed by atoms with van der Waals surface area (Å²) in [6.45, 7) is 2.28. The van der Waals surface area contributed by atoms with Crippen molar-refractivity contribution in [3.05, 3.63) is 39.2 Å². The number of hydrogen-bond donors (Lipinski definition) is 0. The van der Waals surface area contributed by atoms with Gasteiger partial charge in [-0.25, -0.2) is 0 Å². The van der Waals surface area contributed by atoms with Crippen molar-refractivity contribution in [2.45, 2.75) is 13.3 Å². The molecule has 0 N–H and O–H groups in total. The van der Waals surface area contributed by atoms with Gasteiger partial charge in [0.1, 0.15) is 0 Å². The minimum atomic E-state index is 0. The van der Waals surface area contributed by atoms with E-state index >= 15 is 0 Å². The van der Waals surface area contributed by atoms with Crippen molar-refractivity contribution in [1.29, 1.82) is 0 Å². The Balaban J connectivity index is 0. The fourth-order valence-corrected chi connectivity index (χ4v) is 1.59. The molecule has 0 nitrogen and oxygen atoms in total. The molecule has 0 aliphatic heterocycles. The SMILES string of the molecule is CC12C=CC(C=C1)C2.[CH3-].[CH3-].[Pt+2]. The largest absolute Gasteiger partial charge is 2.00 e. The predicted octanol–water partition coefficient (Wildman–Crippen LogP) is 3.04. The second kappa shape index (κ2) is 4.26. The molecule has 0 aromatic rings. The van der Waals surface area contributed by atoms with Gasteiger partial charge < -0.3 is 14.9 Å². The number of hydrogen-bond acceptors (Lipinski definition) is 0. The van der Waals surface area contributed by atoms with Crippen LogP contribution in [0.25, 0.3) is 0 Å². The van der Waals surface area contributed by atoms with E-state index in [1.807, 2.05) is 0 Å². The molecule has 2 rings (SSSR count). The molecule has 2 aliphatic rings. The molecule has 0 spiro atoms. The van der Waals surface area contributed by atoms with E-state index in [1.165, 1.54) is 6.42 Å².